The molecule has 1 amide bonds. The van der Waals surface area contributed by atoms with Gasteiger partial charge in [-0.3, -0.25) is 4.79 Å². The molecule has 2 aromatic carbocycles. The quantitative estimate of drug-likeness (QED) is 0.551. The fourth-order valence-electron chi connectivity index (χ4n) is 4.38. The molecule has 2 aromatic rings. The third kappa shape index (κ3) is 5.35. The maximum Gasteiger partial charge on any atom is 0.273 e. The minimum atomic E-state index is -2.94. The zero-order valence-corrected chi connectivity index (χ0v) is 20.6. The molecular weight excluding hydrogens is 452 g/mol. The van der Waals surface area contributed by atoms with Crippen LogP contribution in [0.1, 0.15) is 37.6 Å². The highest BCUT2D eigenvalue weighted by Gasteiger charge is 2.30. The number of allylic oxidation sites excluding steroid dienone is 1. The van der Waals surface area contributed by atoms with Crippen molar-refractivity contribution in [2.24, 2.45) is 0 Å². The number of halogens is 2. The lowest BCUT2D eigenvalue weighted by atomic mass is 10.1. The third-order valence-corrected chi connectivity index (χ3v) is 6.62. The molecule has 0 aromatic heterocycles. The van der Waals surface area contributed by atoms with Crippen LogP contribution in [0.15, 0.2) is 53.9 Å². The molecule has 9 heteroatoms. The molecule has 1 atom stereocenters. The zero-order valence-electron chi connectivity index (χ0n) is 20.6. The summed E-state index contributed by atoms with van der Waals surface area (Å²) in [6.45, 7) is 7.01. The molecule has 0 spiro atoms. The first-order valence-corrected chi connectivity index (χ1v) is 11.9. The summed E-state index contributed by atoms with van der Waals surface area (Å²) in [5.74, 6) is -2.52. The number of hydrogen-bond donors (Lipinski definition) is 3. The van der Waals surface area contributed by atoms with Crippen molar-refractivity contribution in [1.82, 2.24) is 15.5 Å². The van der Waals surface area contributed by atoms with Crippen molar-refractivity contribution >= 4 is 17.3 Å². The van der Waals surface area contributed by atoms with E-state index in [1.165, 1.54) is 25.1 Å². The molecule has 0 bridgehead atoms. The second-order valence-electron chi connectivity index (χ2n) is 9.04. The number of ether oxygens (including phenoxy) is 1. The standard InChI is InChI=1S/C26H33F2N5O2/c1-5-26(27,28)19-7-6-8-20(16-19)30-25(34)23-17(2)29-24(31-23)18-9-10-22(35-4)21(15-18)33-13-11-32(3)12-14-33/h6-10,15-16,24,29,31H,5,11-14H2,1-4H3,(H,30,34). The largest absolute Gasteiger partial charge is 0.495 e. The number of amides is 1. The lowest BCUT2D eigenvalue weighted by Crippen LogP contribution is -2.44. The van der Waals surface area contributed by atoms with Crippen LogP contribution in [0.3, 0.4) is 0 Å². The van der Waals surface area contributed by atoms with Crippen molar-refractivity contribution in [2.45, 2.75) is 32.4 Å². The number of piperazine rings is 1. The van der Waals surface area contributed by atoms with Crippen LogP contribution < -0.4 is 25.6 Å². The van der Waals surface area contributed by atoms with E-state index in [1.54, 1.807) is 13.2 Å². The summed E-state index contributed by atoms with van der Waals surface area (Å²) >= 11 is 0. The van der Waals surface area contributed by atoms with Gasteiger partial charge in [0.15, 0.2) is 0 Å². The monoisotopic (exact) mass is 485 g/mol. The van der Waals surface area contributed by atoms with Crippen molar-refractivity contribution in [3.05, 3.63) is 65.0 Å². The first kappa shape index (κ1) is 24.8. The van der Waals surface area contributed by atoms with Gasteiger partial charge in [0, 0.05) is 49.5 Å². The molecule has 35 heavy (non-hydrogen) atoms. The van der Waals surface area contributed by atoms with E-state index >= 15 is 0 Å². The molecule has 1 fully saturated rings. The molecule has 0 aliphatic carbocycles. The summed E-state index contributed by atoms with van der Waals surface area (Å²) in [6, 6.07) is 11.8. The van der Waals surface area contributed by atoms with Crippen LogP contribution in [0.5, 0.6) is 5.75 Å². The summed E-state index contributed by atoms with van der Waals surface area (Å²) in [7, 11) is 3.78. The van der Waals surface area contributed by atoms with Crippen molar-refractivity contribution in [2.75, 3.05) is 50.6 Å². The van der Waals surface area contributed by atoms with Crippen LogP contribution in [0.2, 0.25) is 0 Å². The molecule has 1 unspecified atom stereocenters. The van der Waals surface area contributed by atoms with Gasteiger partial charge in [-0.05, 0) is 43.8 Å². The van der Waals surface area contributed by atoms with Crippen LogP contribution in [-0.2, 0) is 10.7 Å². The second kappa shape index (κ2) is 10.1. The first-order valence-electron chi connectivity index (χ1n) is 11.9. The molecule has 2 heterocycles. The Morgan fingerprint density at radius 2 is 1.89 bits per heavy atom. The Morgan fingerprint density at radius 3 is 2.57 bits per heavy atom. The molecule has 1 saturated heterocycles. The molecule has 7 nitrogen and oxygen atoms in total. The van der Waals surface area contributed by atoms with Crippen LogP contribution in [0.4, 0.5) is 20.2 Å². The van der Waals surface area contributed by atoms with E-state index in [4.69, 9.17) is 4.74 Å². The molecule has 2 aliphatic rings. The number of likely N-dealkylation sites (N-methyl/N-ethyl adjacent to an activating group) is 1. The van der Waals surface area contributed by atoms with E-state index in [-0.39, 0.29) is 24.1 Å². The van der Waals surface area contributed by atoms with Crippen LogP contribution in [0.25, 0.3) is 0 Å². The van der Waals surface area contributed by atoms with Gasteiger partial charge in [0.25, 0.3) is 11.8 Å². The van der Waals surface area contributed by atoms with E-state index in [0.29, 0.717) is 17.1 Å². The van der Waals surface area contributed by atoms with Gasteiger partial charge >= 0.3 is 0 Å². The van der Waals surface area contributed by atoms with Crippen molar-refractivity contribution < 1.29 is 18.3 Å². The maximum atomic E-state index is 14.1. The summed E-state index contributed by atoms with van der Waals surface area (Å²) in [5.41, 5.74) is 3.25. The number of rotatable bonds is 7. The normalized spacial score (nSPS) is 18.8. The SMILES string of the molecule is CCC(F)(F)c1cccc(NC(=O)C2=C(C)NC(c3ccc(OC)c(N4CCN(C)CC4)c3)N2)c1. The maximum absolute atomic E-state index is 14.1. The van der Waals surface area contributed by atoms with E-state index in [9.17, 15) is 13.6 Å². The number of nitrogens with zero attached hydrogens (tertiary/aromatic N) is 2. The first-order chi connectivity index (χ1) is 16.7. The average Bonchev–Trinajstić information content (AvgIpc) is 3.26. The van der Waals surface area contributed by atoms with Crippen molar-refractivity contribution in [3.8, 4) is 5.75 Å². The summed E-state index contributed by atoms with van der Waals surface area (Å²) in [6.07, 6.45) is -0.608. The van der Waals surface area contributed by atoms with Crippen molar-refractivity contribution in [1.29, 1.82) is 0 Å². The second-order valence-corrected chi connectivity index (χ2v) is 9.04. The molecule has 188 valence electrons. The number of hydrogen-bond acceptors (Lipinski definition) is 6. The van der Waals surface area contributed by atoms with E-state index in [1.807, 2.05) is 19.1 Å². The van der Waals surface area contributed by atoms with E-state index < -0.39 is 5.92 Å². The Bertz CT molecular complexity index is 1110. The number of carbonyl (C=O) groups is 1. The number of carbonyl (C=O) groups excluding carboxylic acids is 1. The van der Waals surface area contributed by atoms with E-state index in [0.717, 1.165) is 43.2 Å². The number of alkyl halides is 2. The molecule has 4 rings (SSSR count). The van der Waals surface area contributed by atoms with Crippen LogP contribution in [-0.4, -0.2) is 51.1 Å². The highest BCUT2D eigenvalue weighted by Crippen LogP contribution is 2.34. The average molecular weight is 486 g/mol. The Morgan fingerprint density at radius 1 is 1.14 bits per heavy atom. The Balaban J connectivity index is 1.48. The molecule has 3 N–H and O–H groups in total. The highest BCUT2D eigenvalue weighted by atomic mass is 19.3. The van der Waals surface area contributed by atoms with Gasteiger partial charge in [0.2, 0.25) is 0 Å². The zero-order chi connectivity index (χ0) is 25.2. The van der Waals surface area contributed by atoms with Crippen molar-refractivity contribution in [3.63, 3.8) is 0 Å². The minimum absolute atomic E-state index is 0.117. The molecule has 0 saturated carbocycles. The Kier molecular flexibility index (Phi) is 7.16. The van der Waals surface area contributed by atoms with E-state index in [2.05, 4.69) is 38.9 Å². The highest BCUT2D eigenvalue weighted by molar-refractivity contribution is 6.04. The predicted octanol–water partition coefficient (Wildman–Crippen LogP) is 4.01. The van der Waals surface area contributed by atoms with Gasteiger partial charge in [0.1, 0.15) is 17.6 Å². The fourth-order valence-corrected chi connectivity index (χ4v) is 4.38. The fraction of sp³-hybridized carbons (Fsp3) is 0.423. The molecule has 2 aliphatic heterocycles. The van der Waals surface area contributed by atoms with Gasteiger partial charge in [-0.2, -0.15) is 0 Å². The van der Waals surface area contributed by atoms with Gasteiger partial charge in [0.05, 0.1) is 12.8 Å². The smallest absolute Gasteiger partial charge is 0.273 e. The number of benzene rings is 2. The Hall–Kier alpha value is -3.33. The van der Waals surface area contributed by atoms with Crippen LogP contribution in [0, 0.1) is 0 Å². The third-order valence-electron chi connectivity index (χ3n) is 6.62. The summed E-state index contributed by atoms with van der Waals surface area (Å²) in [5, 5.41) is 9.32. The topological polar surface area (TPSA) is 68.9 Å². The predicted molar refractivity (Wildman–Crippen MR) is 134 cm³/mol. The van der Waals surface area contributed by atoms with Gasteiger partial charge in [-0.15, -0.1) is 0 Å². The minimum Gasteiger partial charge on any atom is -0.495 e. The van der Waals surface area contributed by atoms with Gasteiger partial charge in [-0.25, -0.2) is 8.78 Å². The Labute approximate surface area is 205 Å². The molecule has 0 radical (unpaired) electrons. The molecular formula is C26H33F2N5O2. The summed E-state index contributed by atoms with van der Waals surface area (Å²) < 4.78 is 33.8. The number of nitrogens with one attached hydrogen (secondary N) is 3. The lowest BCUT2D eigenvalue weighted by Gasteiger charge is -2.35. The van der Waals surface area contributed by atoms with Crippen LogP contribution >= 0.6 is 0 Å². The number of anilines is 2. The summed E-state index contributed by atoms with van der Waals surface area (Å²) in [4.78, 5) is 17.6. The van der Waals surface area contributed by atoms with Gasteiger partial charge < -0.3 is 30.5 Å². The lowest BCUT2D eigenvalue weighted by molar-refractivity contribution is -0.113. The van der Waals surface area contributed by atoms with Gasteiger partial charge in [-0.1, -0.05) is 25.1 Å². The number of methoxy groups -OCH3 is 1.